The monoisotopic (exact) mass is 309 g/mol. The standard InChI is InChI=1S/C13H13BrFN3/c14-12-4-2-1-3-9(12)6-13(18-16)10-5-11(15)8-17-7-10/h1-5,7-8,13,18H,6,16H2. The number of nitrogens with one attached hydrogen (secondary N) is 1. The highest BCUT2D eigenvalue weighted by atomic mass is 79.9. The van der Waals surface area contributed by atoms with E-state index in [4.69, 9.17) is 5.84 Å². The molecule has 0 saturated carbocycles. The van der Waals surface area contributed by atoms with Crippen LogP contribution >= 0.6 is 15.9 Å². The number of pyridine rings is 1. The van der Waals surface area contributed by atoms with Crippen LogP contribution in [-0.2, 0) is 6.42 Å². The Morgan fingerprint density at radius 3 is 2.78 bits per heavy atom. The Labute approximate surface area is 113 Å². The first-order chi connectivity index (χ1) is 8.70. The lowest BCUT2D eigenvalue weighted by Crippen LogP contribution is -2.29. The lowest BCUT2D eigenvalue weighted by molar-refractivity contribution is 0.540. The number of halogens is 2. The van der Waals surface area contributed by atoms with Crippen LogP contribution in [0.5, 0.6) is 0 Å². The number of hydrogen-bond donors (Lipinski definition) is 2. The topological polar surface area (TPSA) is 50.9 Å². The SMILES string of the molecule is NNC(Cc1ccccc1Br)c1cncc(F)c1. The maximum atomic E-state index is 13.1. The molecule has 0 aliphatic carbocycles. The van der Waals surface area contributed by atoms with Crippen LogP contribution in [0.2, 0.25) is 0 Å². The average Bonchev–Trinajstić information content (AvgIpc) is 2.38. The number of hydrogen-bond acceptors (Lipinski definition) is 3. The fraction of sp³-hybridized carbons (Fsp3) is 0.154. The van der Waals surface area contributed by atoms with E-state index in [-0.39, 0.29) is 11.9 Å². The quantitative estimate of drug-likeness (QED) is 0.674. The maximum Gasteiger partial charge on any atom is 0.141 e. The van der Waals surface area contributed by atoms with Gasteiger partial charge < -0.3 is 0 Å². The minimum Gasteiger partial charge on any atom is -0.271 e. The van der Waals surface area contributed by atoms with Gasteiger partial charge in [0, 0.05) is 10.7 Å². The number of aromatic nitrogens is 1. The van der Waals surface area contributed by atoms with Gasteiger partial charge in [-0.05, 0) is 29.7 Å². The van der Waals surface area contributed by atoms with Crippen LogP contribution in [0.1, 0.15) is 17.2 Å². The fourth-order valence-corrected chi connectivity index (χ4v) is 2.22. The summed E-state index contributed by atoms with van der Waals surface area (Å²) in [6.45, 7) is 0. The van der Waals surface area contributed by atoms with Crippen molar-refractivity contribution in [1.29, 1.82) is 0 Å². The van der Waals surface area contributed by atoms with Gasteiger partial charge in [0.25, 0.3) is 0 Å². The fourth-order valence-electron chi connectivity index (χ4n) is 1.78. The zero-order valence-electron chi connectivity index (χ0n) is 9.61. The summed E-state index contributed by atoms with van der Waals surface area (Å²) in [4.78, 5) is 3.83. The number of benzene rings is 1. The van der Waals surface area contributed by atoms with Crippen LogP contribution in [0.3, 0.4) is 0 Å². The molecule has 2 rings (SSSR count). The molecule has 3 N–H and O–H groups in total. The molecule has 0 aliphatic heterocycles. The molecule has 1 heterocycles. The summed E-state index contributed by atoms with van der Waals surface area (Å²) in [5, 5.41) is 0. The highest BCUT2D eigenvalue weighted by Gasteiger charge is 2.13. The van der Waals surface area contributed by atoms with Crippen molar-refractivity contribution < 1.29 is 4.39 Å². The number of rotatable bonds is 4. The highest BCUT2D eigenvalue weighted by Crippen LogP contribution is 2.23. The van der Waals surface area contributed by atoms with Crippen molar-refractivity contribution in [3.63, 3.8) is 0 Å². The summed E-state index contributed by atoms with van der Waals surface area (Å²) >= 11 is 3.48. The van der Waals surface area contributed by atoms with Crippen LogP contribution in [-0.4, -0.2) is 4.98 Å². The minimum absolute atomic E-state index is 0.174. The molecule has 1 aromatic heterocycles. The Morgan fingerprint density at radius 1 is 1.33 bits per heavy atom. The van der Waals surface area contributed by atoms with Gasteiger partial charge in [-0.3, -0.25) is 16.3 Å². The number of nitrogens with zero attached hydrogens (tertiary/aromatic N) is 1. The third kappa shape index (κ3) is 3.13. The second-order valence-corrected chi connectivity index (χ2v) is 4.81. The van der Waals surface area contributed by atoms with Crippen molar-refractivity contribution in [2.75, 3.05) is 0 Å². The van der Waals surface area contributed by atoms with Gasteiger partial charge >= 0.3 is 0 Å². The molecule has 0 amide bonds. The molecule has 3 nitrogen and oxygen atoms in total. The molecular weight excluding hydrogens is 297 g/mol. The first kappa shape index (κ1) is 13.1. The third-order valence-corrected chi connectivity index (χ3v) is 3.49. The van der Waals surface area contributed by atoms with Gasteiger partial charge in [-0.25, -0.2) is 4.39 Å². The average molecular weight is 310 g/mol. The van der Waals surface area contributed by atoms with Crippen molar-refractivity contribution >= 4 is 15.9 Å². The zero-order chi connectivity index (χ0) is 13.0. The van der Waals surface area contributed by atoms with E-state index in [0.29, 0.717) is 6.42 Å². The first-order valence-electron chi connectivity index (χ1n) is 5.50. The molecule has 2 aromatic rings. The third-order valence-electron chi connectivity index (χ3n) is 2.71. The Kier molecular flexibility index (Phi) is 4.41. The lowest BCUT2D eigenvalue weighted by Gasteiger charge is -2.16. The number of nitrogens with two attached hydrogens (primary N) is 1. The van der Waals surface area contributed by atoms with Gasteiger partial charge in [0.2, 0.25) is 0 Å². The van der Waals surface area contributed by atoms with E-state index >= 15 is 0 Å². The van der Waals surface area contributed by atoms with Crippen LogP contribution in [0.25, 0.3) is 0 Å². The maximum absolute atomic E-state index is 13.1. The molecule has 0 aliphatic rings. The molecule has 0 radical (unpaired) electrons. The zero-order valence-corrected chi connectivity index (χ0v) is 11.2. The van der Waals surface area contributed by atoms with Gasteiger partial charge in [0.1, 0.15) is 5.82 Å². The molecular formula is C13H13BrFN3. The summed E-state index contributed by atoms with van der Waals surface area (Å²) in [6.07, 6.45) is 3.45. The Bertz CT molecular complexity index is 533. The first-order valence-corrected chi connectivity index (χ1v) is 6.30. The van der Waals surface area contributed by atoms with E-state index in [1.54, 1.807) is 6.20 Å². The van der Waals surface area contributed by atoms with Gasteiger partial charge in [-0.15, -0.1) is 0 Å². The largest absolute Gasteiger partial charge is 0.271 e. The molecule has 0 bridgehead atoms. The summed E-state index contributed by atoms with van der Waals surface area (Å²) < 4.78 is 14.2. The smallest absolute Gasteiger partial charge is 0.141 e. The van der Waals surface area contributed by atoms with E-state index < -0.39 is 0 Å². The van der Waals surface area contributed by atoms with E-state index in [9.17, 15) is 4.39 Å². The predicted molar refractivity (Wildman–Crippen MR) is 72.1 cm³/mol. The van der Waals surface area contributed by atoms with E-state index in [0.717, 1.165) is 15.6 Å². The highest BCUT2D eigenvalue weighted by molar-refractivity contribution is 9.10. The van der Waals surface area contributed by atoms with Crippen molar-refractivity contribution in [2.24, 2.45) is 5.84 Å². The normalized spacial score (nSPS) is 12.4. The molecule has 1 unspecified atom stereocenters. The van der Waals surface area contributed by atoms with E-state index in [2.05, 4.69) is 26.3 Å². The summed E-state index contributed by atoms with van der Waals surface area (Å²) in [5.74, 6) is 5.18. The second kappa shape index (κ2) is 6.04. The second-order valence-electron chi connectivity index (χ2n) is 3.95. The Morgan fingerprint density at radius 2 is 2.11 bits per heavy atom. The van der Waals surface area contributed by atoms with Crippen molar-refractivity contribution in [3.8, 4) is 0 Å². The van der Waals surface area contributed by atoms with E-state index in [1.807, 2.05) is 24.3 Å². The molecule has 1 aromatic carbocycles. The predicted octanol–water partition coefficient (Wildman–Crippen LogP) is 2.73. The van der Waals surface area contributed by atoms with Crippen molar-refractivity contribution in [1.82, 2.24) is 10.4 Å². The molecule has 94 valence electrons. The molecule has 1 atom stereocenters. The van der Waals surface area contributed by atoms with Gasteiger partial charge in [-0.2, -0.15) is 0 Å². The molecule has 0 fully saturated rings. The van der Waals surface area contributed by atoms with Crippen molar-refractivity contribution in [2.45, 2.75) is 12.5 Å². The summed E-state index contributed by atoms with van der Waals surface area (Å²) in [7, 11) is 0. The van der Waals surface area contributed by atoms with Crippen LogP contribution in [0.4, 0.5) is 4.39 Å². The number of hydrazine groups is 1. The van der Waals surface area contributed by atoms with Gasteiger partial charge in [-0.1, -0.05) is 34.1 Å². The molecule has 18 heavy (non-hydrogen) atoms. The minimum atomic E-state index is -0.361. The van der Waals surface area contributed by atoms with Crippen LogP contribution in [0, 0.1) is 5.82 Å². The van der Waals surface area contributed by atoms with Gasteiger partial charge in [0.15, 0.2) is 0 Å². The van der Waals surface area contributed by atoms with Crippen LogP contribution in [0.15, 0.2) is 47.2 Å². The molecule has 0 saturated heterocycles. The summed E-state index contributed by atoms with van der Waals surface area (Å²) in [6, 6.07) is 9.13. The lowest BCUT2D eigenvalue weighted by atomic mass is 10.0. The Balaban J connectivity index is 2.23. The van der Waals surface area contributed by atoms with E-state index in [1.165, 1.54) is 12.3 Å². The van der Waals surface area contributed by atoms with Crippen LogP contribution < -0.4 is 11.3 Å². The van der Waals surface area contributed by atoms with Gasteiger partial charge in [0.05, 0.1) is 12.2 Å². The Hall–Kier alpha value is -1.30. The molecule has 5 heteroatoms. The summed E-state index contributed by atoms with van der Waals surface area (Å²) in [5.41, 5.74) is 4.53. The van der Waals surface area contributed by atoms with Crippen molar-refractivity contribution in [3.05, 3.63) is 64.1 Å². The molecule has 0 spiro atoms.